The summed E-state index contributed by atoms with van der Waals surface area (Å²) < 4.78 is 65.0. The first-order valence-corrected chi connectivity index (χ1v) is 13.3. The first-order chi connectivity index (χ1) is 20.6. The Morgan fingerprint density at radius 3 is 2.63 bits per heavy atom. The molecule has 0 amide bonds. The summed E-state index contributed by atoms with van der Waals surface area (Å²) >= 11 is 5.86. The van der Waals surface area contributed by atoms with Crippen LogP contribution in [-0.4, -0.2) is 82.1 Å². The average molecular weight is 621 g/mol. The van der Waals surface area contributed by atoms with Crippen LogP contribution in [0.4, 0.5) is 35.0 Å². The first-order valence-electron chi connectivity index (χ1n) is 13.0. The fourth-order valence-corrected chi connectivity index (χ4v) is 4.46. The number of hydrogen-bond acceptors (Lipinski definition) is 10. The minimum Gasteiger partial charge on any atom is -0.465 e. The van der Waals surface area contributed by atoms with Gasteiger partial charge in [0.15, 0.2) is 11.5 Å². The molecule has 5 rings (SSSR count). The van der Waals surface area contributed by atoms with E-state index in [-0.39, 0.29) is 33.7 Å². The normalized spacial score (nSPS) is 14.0. The summed E-state index contributed by atoms with van der Waals surface area (Å²) in [5.74, 6) is -1.11. The zero-order valence-electron chi connectivity index (χ0n) is 22.7. The van der Waals surface area contributed by atoms with E-state index in [2.05, 4.69) is 35.6 Å². The molecule has 2 N–H and O–H groups in total. The van der Waals surface area contributed by atoms with E-state index in [4.69, 9.17) is 21.1 Å². The topological polar surface area (TPSA) is 119 Å². The van der Waals surface area contributed by atoms with Crippen molar-refractivity contribution in [1.82, 2.24) is 29.6 Å². The number of aromatic nitrogens is 5. The number of nitrogens with zero attached hydrogens (tertiary/aromatic N) is 6. The lowest BCUT2D eigenvalue weighted by Gasteiger charge is -2.26. The smallest absolute Gasteiger partial charge is 0.435 e. The van der Waals surface area contributed by atoms with Crippen molar-refractivity contribution in [3.8, 4) is 16.9 Å². The van der Waals surface area contributed by atoms with Crippen molar-refractivity contribution < 1.29 is 31.8 Å². The van der Waals surface area contributed by atoms with Crippen molar-refractivity contribution in [3.63, 3.8) is 0 Å². The number of morpholine rings is 1. The standard InChI is InChI=1S/C27H25ClF4N8O3/c1-42-25(41)18-12-16(14-34-23(18)33-5-7-39-8-10-43-11-9-39)19-15-35-26(36-17-2-3-21(29)20(28)13-17)37-24(19)40-6-4-22(38-40)27(30,31)32/h2-4,6,12-15H,5,7-11H2,1H3,(H,33,34)(H,35,36,37). The molecule has 4 aromatic rings. The SMILES string of the molecule is COC(=O)c1cc(-c2cnc(Nc3ccc(F)c(Cl)c3)nc2-n2ccc(C(F)(F)F)n2)cnc1NCCN1CCOCC1. The molecule has 1 aromatic carbocycles. The molecule has 4 heterocycles. The maximum atomic E-state index is 13.6. The molecule has 3 aromatic heterocycles. The number of carbonyl (C=O) groups excluding carboxylic acids is 1. The van der Waals surface area contributed by atoms with Crippen molar-refractivity contribution >= 4 is 35.0 Å². The van der Waals surface area contributed by atoms with Crippen molar-refractivity contribution in [3.05, 3.63) is 71.0 Å². The van der Waals surface area contributed by atoms with E-state index in [1.54, 1.807) is 0 Å². The molecule has 0 saturated carbocycles. The van der Waals surface area contributed by atoms with E-state index in [1.165, 1.54) is 37.7 Å². The van der Waals surface area contributed by atoms with Crippen LogP contribution in [-0.2, 0) is 15.7 Å². The molecule has 1 fully saturated rings. The number of alkyl halides is 3. The third-order valence-electron chi connectivity index (χ3n) is 6.47. The van der Waals surface area contributed by atoms with Crippen LogP contribution in [0.1, 0.15) is 16.1 Å². The highest BCUT2D eigenvalue weighted by Crippen LogP contribution is 2.32. The number of nitrogens with one attached hydrogen (secondary N) is 2. The number of esters is 1. The summed E-state index contributed by atoms with van der Waals surface area (Å²) in [6.45, 7) is 4.08. The molecule has 0 unspecified atom stereocenters. The zero-order valence-corrected chi connectivity index (χ0v) is 23.4. The van der Waals surface area contributed by atoms with Gasteiger partial charge in [0.2, 0.25) is 5.95 Å². The molecule has 0 radical (unpaired) electrons. The molecular formula is C27H25ClF4N8O3. The van der Waals surface area contributed by atoms with Crippen molar-refractivity contribution in [2.45, 2.75) is 6.18 Å². The predicted molar refractivity (Wildman–Crippen MR) is 149 cm³/mol. The van der Waals surface area contributed by atoms with Gasteiger partial charge in [-0.15, -0.1) is 0 Å². The second-order valence-electron chi connectivity index (χ2n) is 9.32. The molecule has 226 valence electrons. The Labute approximate surface area is 247 Å². The number of rotatable bonds is 9. The molecule has 1 aliphatic rings. The highest BCUT2D eigenvalue weighted by molar-refractivity contribution is 6.31. The van der Waals surface area contributed by atoms with E-state index in [0.29, 0.717) is 37.6 Å². The minimum atomic E-state index is -4.70. The average Bonchev–Trinajstić information content (AvgIpc) is 3.51. The Hall–Kier alpha value is -4.34. The highest BCUT2D eigenvalue weighted by Gasteiger charge is 2.34. The van der Waals surface area contributed by atoms with Gasteiger partial charge >= 0.3 is 12.1 Å². The molecule has 0 aliphatic carbocycles. The van der Waals surface area contributed by atoms with Crippen molar-refractivity contribution in [2.24, 2.45) is 0 Å². The second kappa shape index (κ2) is 12.9. The van der Waals surface area contributed by atoms with Gasteiger partial charge in [0.1, 0.15) is 17.2 Å². The molecular weight excluding hydrogens is 596 g/mol. The predicted octanol–water partition coefficient (Wildman–Crippen LogP) is 4.81. The van der Waals surface area contributed by atoms with Crippen LogP contribution in [0, 0.1) is 5.82 Å². The summed E-state index contributed by atoms with van der Waals surface area (Å²) in [6, 6.07) is 6.13. The number of anilines is 3. The van der Waals surface area contributed by atoms with Gasteiger partial charge in [0.25, 0.3) is 0 Å². The van der Waals surface area contributed by atoms with Gasteiger partial charge in [-0.1, -0.05) is 11.6 Å². The van der Waals surface area contributed by atoms with Crippen molar-refractivity contribution in [1.29, 1.82) is 0 Å². The molecule has 0 atom stereocenters. The molecule has 43 heavy (non-hydrogen) atoms. The number of methoxy groups -OCH3 is 1. The lowest BCUT2D eigenvalue weighted by molar-refractivity contribution is -0.141. The summed E-state index contributed by atoms with van der Waals surface area (Å²) in [4.78, 5) is 28.0. The van der Waals surface area contributed by atoms with Crippen LogP contribution in [0.5, 0.6) is 0 Å². The van der Waals surface area contributed by atoms with E-state index in [1.807, 2.05) is 0 Å². The number of ether oxygens (including phenoxy) is 2. The van der Waals surface area contributed by atoms with Gasteiger partial charge in [-0.25, -0.2) is 23.8 Å². The Bertz CT molecular complexity index is 1610. The molecule has 1 aliphatic heterocycles. The van der Waals surface area contributed by atoms with Crippen LogP contribution >= 0.6 is 11.6 Å². The Kier molecular flexibility index (Phi) is 9.03. The molecule has 0 spiro atoms. The lowest BCUT2D eigenvalue weighted by Crippen LogP contribution is -2.39. The Morgan fingerprint density at radius 2 is 1.93 bits per heavy atom. The van der Waals surface area contributed by atoms with Gasteiger partial charge in [-0.05, 0) is 30.3 Å². The van der Waals surface area contributed by atoms with Gasteiger partial charge in [-0.2, -0.15) is 23.3 Å². The van der Waals surface area contributed by atoms with Gasteiger partial charge in [0.05, 0.1) is 25.3 Å². The van der Waals surface area contributed by atoms with Gasteiger partial charge in [0, 0.05) is 61.6 Å². The highest BCUT2D eigenvalue weighted by atomic mass is 35.5. The van der Waals surface area contributed by atoms with Gasteiger partial charge < -0.3 is 20.1 Å². The minimum absolute atomic E-state index is 0.0342. The fraction of sp³-hybridized carbons (Fsp3) is 0.296. The number of benzene rings is 1. The number of hydrogen-bond donors (Lipinski definition) is 2. The summed E-state index contributed by atoms with van der Waals surface area (Å²) in [5.41, 5.74) is -0.159. The van der Waals surface area contributed by atoms with E-state index in [9.17, 15) is 22.4 Å². The molecule has 11 nitrogen and oxygen atoms in total. The monoisotopic (exact) mass is 620 g/mol. The lowest BCUT2D eigenvalue weighted by atomic mass is 10.1. The quantitative estimate of drug-likeness (QED) is 0.199. The Balaban J connectivity index is 1.50. The second-order valence-corrected chi connectivity index (χ2v) is 9.73. The third kappa shape index (κ3) is 7.18. The zero-order chi connectivity index (χ0) is 30.6. The number of pyridine rings is 1. The fourth-order valence-electron chi connectivity index (χ4n) is 4.28. The van der Waals surface area contributed by atoms with Crippen LogP contribution in [0.3, 0.4) is 0 Å². The third-order valence-corrected chi connectivity index (χ3v) is 6.76. The summed E-state index contributed by atoms with van der Waals surface area (Å²) in [6.07, 6.45) is -0.816. The maximum absolute atomic E-state index is 13.6. The van der Waals surface area contributed by atoms with Crippen LogP contribution in [0.2, 0.25) is 5.02 Å². The number of carbonyl (C=O) groups is 1. The van der Waals surface area contributed by atoms with Crippen LogP contribution in [0.15, 0.2) is 48.9 Å². The molecule has 16 heteroatoms. The molecule has 1 saturated heterocycles. The van der Waals surface area contributed by atoms with Crippen LogP contribution in [0.25, 0.3) is 16.9 Å². The summed E-state index contributed by atoms with van der Waals surface area (Å²) in [5, 5.41) is 9.50. The van der Waals surface area contributed by atoms with E-state index < -0.39 is 23.7 Å². The van der Waals surface area contributed by atoms with Gasteiger partial charge in [-0.3, -0.25) is 4.90 Å². The number of halogens is 5. The van der Waals surface area contributed by atoms with E-state index >= 15 is 0 Å². The first kappa shape index (κ1) is 30.1. The van der Waals surface area contributed by atoms with E-state index in [0.717, 1.165) is 36.1 Å². The summed E-state index contributed by atoms with van der Waals surface area (Å²) in [7, 11) is 1.23. The molecule has 0 bridgehead atoms. The maximum Gasteiger partial charge on any atom is 0.435 e. The van der Waals surface area contributed by atoms with Crippen LogP contribution < -0.4 is 10.6 Å². The Morgan fingerprint density at radius 1 is 1.14 bits per heavy atom. The van der Waals surface area contributed by atoms with Crippen molar-refractivity contribution in [2.75, 3.05) is 57.1 Å². The largest absolute Gasteiger partial charge is 0.465 e.